The molecular weight excluding hydrogens is 204 g/mol. The maximum atomic E-state index is 11.0. The van der Waals surface area contributed by atoms with E-state index in [0.717, 1.165) is 25.7 Å². The molecular formula is C12H22N2O2. The van der Waals surface area contributed by atoms with E-state index in [1.165, 1.54) is 0 Å². The summed E-state index contributed by atoms with van der Waals surface area (Å²) in [6.07, 6.45) is 3.68. The third kappa shape index (κ3) is 2.09. The lowest BCUT2D eigenvalue weighted by Gasteiger charge is -2.32. The minimum Gasteiger partial charge on any atom is -0.481 e. The van der Waals surface area contributed by atoms with Gasteiger partial charge in [0.1, 0.15) is 0 Å². The second-order valence-electron chi connectivity index (χ2n) is 5.32. The molecule has 0 bridgehead atoms. The summed E-state index contributed by atoms with van der Waals surface area (Å²) >= 11 is 0. The number of rotatable bonds is 3. The highest BCUT2D eigenvalue weighted by Gasteiger charge is 2.44. The standard InChI is InChI=1S/C12H22N2O2/c1-7-9(4-5-13)10-6-8(12(15)16)2-3-11(10)14-7/h7-11,14H,2-6,13H2,1H3,(H,15,16). The number of carbonyl (C=O) groups is 1. The normalized spacial score (nSPS) is 43.0. The van der Waals surface area contributed by atoms with E-state index >= 15 is 0 Å². The lowest BCUT2D eigenvalue weighted by molar-refractivity contribution is -0.143. The molecule has 2 aliphatic rings. The van der Waals surface area contributed by atoms with E-state index in [1.807, 2.05) is 0 Å². The van der Waals surface area contributed by atoms with E-state index in [1.54, 1.807) is 0 Å². The highest BCUT2D eigenvalue weighted by molar-refractivity contribution is 5.70. The third-order valence-corrected chi connectivity index (χ3v) is 4.42. The summed E-state index contributed by atoms with van der Waals surface area (Å²) in [4.78, 5) is 11.0. The average molecular weight is 226 g/mol. The zero-order valence-electron chi connectivity index (χ0n) is 9.86. The van der Waals surface area contributed by atoms with E-state index < -0.39 is 5.97 Å². The summed E-state index contributed by atoms with van der Waals surface area (Å²) in [6, 6.07) is 1.02. The van der Waals surface area contributed by atoms with Gasteiger partial charge in [0.05, 0.1) is 5.92 Å². The molecule has 0 spiro atoms. The van der Waals surface area contributed by atoms with Crippen molar-refractivity contribution in [1.29, 1.82) is 0 Å². The third-order valence-electron chi connectivity index (χ3n) is 4.42. The van der Waals surface area contributed by atoms with Crippen LogP contribution in [0.1, 0.15) is 32.6 Å². The van der Waals surface area contributed by atoms with Gasteiger partial charge in [-0.05, 0) is 51.0 Å². The van der Waals surface area contributed by atoms with E-state index in [9.17, 15) is 4.79 Å². The lowest BCUT2D eigenvalue weighted by atomic mass is 9.73. The topological polar surface area (TPSA) is 75.3 Å². The van der Waals surface area contributed by atoms with Gasteiger partial charge in [-0.2, -0.15) is 0 Å². The predicted molar refractivity (Wildman–Crippen MR) is 62.0 cm³/mol. The van der Waals surface area contributed by atoms with E-state index in [2.05, 4.69) is 12.2 Å². The number of nitrogens with two attached hydrogens (primary N) is 1. The second kappa shape index (κ2) is 4.72. The van der Waals surface area contributed by atoms with Crippen LogP contribution in [0.2, 0.25) is 0 Å². The largest absolute Gasteiger partial charge is 0.481 e. The first-order valence-electron chi connectivity index (χ1n) is 6.32. The number of hydrogen-bond acceptors (Lipinski definition) is 3. The lowest BCUT2D eigenvalue weighted by Crippen LogP contribution is -2.36. The number of carboxylic acids is 1. The first-order valence-corrected chi connectivity index (χ1v) is 6.32. The van der Waals surface area contributed by atoms with Crippen molar-refractivity contribution >= 4 is 5.97 Å². The Morgan fingerprint density at radius 3 is 2.88 bits per heavy atom. The van der Waals surface area contributed by atoms with Crippen molar-refractivity contribution < 1.29 is 9.90 Å². The van der Waals surface area contributed by atoms with Gasteiger partial charge in [0.2, 0.25) is 0 Å². The van der Waals surface area contributed by atoms with Gasteiger partial charge in [0.25, 0.3) is 0 Å². The molecule has 1 saturated carbocycles. The molecule has 1 heterocycles. The zero-order chi connectivity index (χ0) is 11.7. The molecule has 4 heteroatoms. The molecule has 0 aromatic carbocycles. The fourth-order valence-electron chi connectivity index (χ4n) is 3.60. The van der Waals surface area contributed by atoms with Crippen LogP contribution in [0.3, 0.4) is 0 Å². The number of fused-ring (bicyclic) bond motifs is 1. The van der Waals surface area contributed by atoms with Gasteiger partial charge in [-0.1, -0.05) is 0 Å². The van der Waals surface area contributed by atoms with Gasteiger partial charge in [0, 0.05) is 12.1 Å². The molecule has 5 unspecified atom stereocenters. The zero-order valence-corrected chi connectivity index (χ0v) is 9.86. The van der Waals surface area contributed by atoms with Gasteiger partial charge < -0.3 is 16.2 Å². The summed E-state index contributed by atoms with van der Waals surface area (Å²) in [5, 5.41) is 12.7. The average Bonchev–Trinajstić information content (AvgIpc) is 2.55. The van der Waals surface area contributed by atoms with E-state index in [4.69, 9.17) is 10.8 Å². The second-order valence-corrected chi connectivity index (χ2v) is 5.32. The van der Waals surface area contributed by atoms with Crippen LogP contribution in [0.15, 0.2) is 0 Å². The number of hydrogen-bond donors (Lipinski definition) is 3. The molecule has 2 fully saturated rings. The fourth-order valence-corrected chi connectivity index (χ4v) is 3.60. The van der Waals surface area contributed by atoms with Crippen molar-refractivity contribution in [2.45, 2.75) is 44.7 Å². The van der Waals surface area contributed by atoms with Crippen LogP contribution < -0.4 is 11.1 Å². The minimum atomic E-state index is -0.621. The molecule has 0 aromatic rings. The van der Waals surface area contributed by atoms with Crippen molar-refractivity contribution in [2.24, 2.45) is 23.5 Å². The van der Waals surface area contributed by atoms with Crippen LogP contribution in [0.5, 0.6) is 0 Å². The molecule has 5 atom stereocenters. The van der Waals surface area contributed by atoms with Crippen molar-refractivity contribution in [2.75, 3.05) is 6.54 Å². The Morgan fingerprint density at radius 2 is 2.25 bits per heavy atom. The molecule has 92 valence electrons. The first-order chi connectivity index (χ1) is 7.63. The Bertz CT molecular complexity index is 270. The Labute approximate surface area is 96.6 Å². The monoisotopic (exact) mass is 226 g/mol. The highest BCUT2D eigenvalue weighted by atomic mass is 16.4. The highest BCUT2D eigenvalue weighted by Crippen LogP contribution is 2.41. The van der Waals surface area contributed by atoms with Crippen molar-refractivity contribution in [3.8, 4) is 0 Å². The van der Waals surface area contributed by atoms with Gasteiger partial charge >= 0.3 is 5.97 Å². The van der Waals surface area contributed by atoms with Crippen LogP contribution in [0.25, 0.3) is 0 Å². The van der Waals surface area contributed by atoms with Crippen molar-refractivity contribution in [1.82, 2.24) is 5.32 Å². The molecule has 0 aromatic heterocycles. The summed E-state index contributed by atoms with van der Waals surface area (Å²) in [5.74, 6) is 0.337. The maximum Gasteiger partial charge on any atom is 0.306 e. The molecule has 0 amide bonds. The van der Waals surface area contributed by atoms with Crippen LogP contribution in [-0.2, 0) is 4.79 Å². The van der Waals surface area contributed by atoms with E-state index in [-0.39, 0.29) is 5.92 Å². The number of aliphatic carboxylic acids is 1. The Morgan fingerprint density at radius 1 is 1.50 bits per heavy atom. The molecule has 4 nitrogen and oxygen atoms in total. The predicted octanol–water partition coefficient (Wildman–Crippen LogP) is 0.813. The first kappa shape index (κ1) is 11.9. The Kier molecular flexibility index (Phi) is 3.50. The van der Waals surface area contributed by atoms with Crippen LogP contribution in [0.4, 0.5) is 0 Å². The van der Waals surface area contributed by atoms with Gasteiger partial charge in [0.15, 0.2) is 0 Å². The van der Waals surface area contributed by atoms with Crippen LogP contribution in [-0.4, -0.2) is 29.7 Å². The van der Waals surface area contributed by atoms with Crippen LogP contribution >= 0.6 is 0 Å². The number of nitrogens with one attached hydrogen (secondary N) is 1. The maximum absolute atomic E-state index is 11.0. The van der Waals surface area contributed by atoms with Crippen LogP contribution in [0, 0.1) is 17.8 Å². The summed E-state index contributed by atoms with van der Waals surface area (Å²) < 4.78 is 0. The Balaban J connectivity index is 2.04. The summed E-state index contributed by atoms with van der Waals surface area (Å²) in [7, 11) is 0. The molecule has 16 heavy (non-hydrogen) atoms. The summed E-state index contributed by atoms with van der Waals surface area (Å²) in [6.45, 7) is 2.91. The van der Waals surface area contributed by atoms with Gasteiger partial charge in [-0.15, -0.1) is 0 Å². The van der Waals surface area contributed by atoms with Crippen molar-refractivity contribution in [3.63, 3.8) is 0 Å². The SMILES string of the molecule is CC1NC2CCC(C(=O)O)CC2C1CCN. The Hall–Kier alpha value is -0.610. The smallest absolute Gasteiger partial charge is 0.306 e. The molecule has 1 saturated heterocycles. The molecule has 1 aliphatic carbocycles. The number of carboxylic acid groups (broad SMARTS) is 1. The minimum absolute atomic E-state index is 0.131. The van der Waals surface area contributed by atoms with Gasteiger partial charge in [-0.25, -0.2) is 0 Å². The molecule has 4 N–H and O–H groups in total. The van der Waals surface area contributed by atoms with Gasteiger partial charge in [-0.3, -0.25) is 4.79 Å². The quantitative estimate of drug-likeness (QED) is 0.666. The summed E-state index contributed by atoms with van der Waals surface area (Å²) in [5.41, 5.74) is 5.64. The van der Waals surface area contributed by atoms with Crippen molar-refractivity contribution in [3.05, 3.63) is 0 Å². The molecule has 2 rings (SSSR count). The molecule has 1 aliphatic heterocycles. The fraction of sp³-hybridized carbons (Fsp3) is 0.917. The molecule has 0 radical (unpaired) electrons. The van der Waals surface area contributed by atoms with E-state index in [0.29, 0.717) is 30.5 Å².